The Morgan fingerprint density at radius 3 is 2.40 bits per heavy atom. The maximum atomic E-state index is 10.7. The molecule has 0 atom stereocenters. The molecule has 0 aromatic heterocycles. The van der Waals surface area contributed by atoms with E-state index in [1.54, 1.807) is 6.92 Å². The second-order valence-electron chi connectivity index (χ2n) is 2.72. The lowest BCUT2D eigenvalue weighted by Crippen LogP contribution is -2.30. The molecule has 0 aromatic rings. The molecule has 3 heteroatoms. The lowest BCUT2D eigenvalue weighted by molar-refractivity contribution is -0.166. The average molecular weight is 145 g/mol. The standard InChI is InChI=1S/C7H15NO2/c1-4-7(9)8(10)5-6(2)3/h6,10H,4-5H2,1-3H3. The average Bonchev–Trinajstić information content (AvgIpc) is 1.85. The molecule has 0 aromatic carbocycles. The first-order valence-corrected chi connectivity index (χ1v) is 3.57. The first-order valence-electron chi connectivity index (χ1n) is 3.57. The molecular formula is C7H15NO2. The topological polar surface area (TPSA) is 40.5 Å². The number of hydroxylamine groups is 2. The summed E-state index contributed by atoms with van der Waals surface area (Å²) in [5.74, 6) is 0.106. The van der Waals surface area contributed by atoms with E-state index in [9.17, 15) is 4.79 Å². The van der Waals surface area contributed by atoms with Crippen LogP contribution in [0.25, 0.3) is 0 Å². The molecule has 0 aliphatic rings. The highest BCUT2D eigenvalue weighted by Crippen LogP contribution is 1.96. The van der Waals surface area contributed by atoms with Gasteiger partial charge in [0.25, 0.3) is 0 Å². The third kappa shape index (κ3) is 3.45. The predicted octanol–water partition coefficient (Wildman–Crippen LogP) is 1.27. The molecule has 0 rings (SSSR count). The minimum Gasteiger partial charge on any atom is -0.286 e. The van der Waals surface area contributed by atoms with Crippen LogP contribution in [0, 0.1) is 5.92 Å². The van der Waals surface area contributed by atoms with Crippen LogP contribution in [0.5, 0.6) is 0 Å². The van der Waals surface area contributed by atoms with Crippen molar-refractivity contribution in [2.24, 2.45) is 5.92 Å². The number of carbonyl (C=O) groups is 1. The molecule has 0 heterocycles. The minimum atomic E-state index is -0.214. The van der Waals surface area contributed by atoms with Crippen molar-refractivity contribution in [3.8, 4) is 0 Å². The third-order valence-electron chi connectivity index (χ3n) is 1.13. The molecule has 0 unspecified atom stereocenters. The number of amides is 1. The first-order chi connectivity index (χ1) is 4.57. The van der Waals surface area contributed by atoms with Gasteiger partial charge in [0.05, 0.1) is 6.54 Å². The highest BCUT2D eigenvalue weighted by atomic mass is 16.5. The third-order valence-corrected chi connectivity index (χ3v) is 1.13. The second-order valence-corrected chi connectivity index (χ2v) is 2.72. The number of hydrogen-bond acceptors (Lipinski definition) is 2. The van der Waals surface area contributed by atoms with E-state index in [0.29, 0.717) is 18.9 Å². The van der Waals surface area contributed by atoms with Crippen LogP contribution in [0.15, 0.2) is 0 Å². The molecular weight excluding hydrogens is 130 g/mol. The summed E-state index contributed by atoms with van der Waals surface area (Å²) >= 11 is 0. The molecule has 0 aliphatic carbocycles. The van der Waals surface area contributed by atoms with Gasteiger partial charge in [0, 0.05) is 6.42 Å². The number of rotatable bonds is 3. The quantitative estimate of drug-likeness (QED) is 0.480. The number of nitrogens with zero attached hydrogens (tertiary/aromatic N) is 1. The molecule has 60 valence electrons. The summed E-state index contributed by atoms with van der Waals surface area (Å²) in [7, 11) is 0. The molecule has 0 saturated carbocycles. The zero-order valence-corrected chi connectivity index (χ0v) is 6.79. The molecule has 0 saturated heterocycles. The Labute approximate surface area is 61.6 Å². The largest absolute Gasteiger partial charge is 0.286 e. The van der Waals surface area contributed by atoms with Gasteiger partial charge in [-0.2, -0.15) is 0 Å². The molecule has 1 amide bonds. The Hall–Kier alpha value is -0.570. The smallest absolute Gasteiger partial charge is 0.245 e. The summed E-state index contributed by atoms with van der Waals surface area (Å²) in [6.07, 6.45) is 0.364. The Kier molecular flexibility index (Phi) is 4.03. The van der Waals surface area contributed by atoms with E-state index >= 15 is 0 Å². The zero-order valence-electron chi connectivity index (χ0n) is 6.79. The van der Waals surface area contributed by atoms with Crippen LogP contribution in [-0.2, 0) is 4.79 Å². The van der Waals surface area contributed by atoms with Crippen LogP contribution in [-0.4, -0.2) is 22.7 Å². The fourth-order valence-electron chi connectivity index (χ4n) is 0.630. The highest BCUT2D eigenvalue weighted by molar-refractivity contribution is 5.74. The Bertz CT molecular complexity index is 112. The lowest BCUT2D eigenvalue weighted by Gasteiger charge is -2.15. The summed E-state index contributed by atoms with van der Waals surface area (Å²) in [4.78, 5) is 10.7. The van der Waals surface area contributed by atoms with Gasteiger partial charge in [0.1, 0.15) is 0 Å². The summed E-state index contributed by atoms with van der Waals surface area (Å²) < 4.78 is 0. The molecule has 1 N–H and O–H groups in total. The summed E-state index contributed by atoms with van der Waals surface area (Å²) in [6.45, 7) is 6.05. The highest BCUT2D eigenvalue weighted by Gasteiger charge is 2.08. The van der Waals surface area contributed by atoms with Gasteiger partial charge in [-0.15, -0.1) is 0 Å². The van der Waals surface area contributed by atoms with Crippen molar-refractivity contribution in [3.63, 3.8) is 0 Å². The molecule has 0 spiro atoms. The monoisotopic (exact) mass is 145 g/mol. The van der Waals surface area contributed by atoms with Crippen molar-refractivity contribution in [1.29, 1.82) is 0 Å². The van der Waals surface area contributed by atoms with Gasteiger partial charge >= 0.3 is 0 Å². The van der Waals surface area contributed by atoms with Crippen LogP contribution >= 0.6 is 0 Å². The predicted molar refractivity (Wildman–Crippen MR) is 38.6 cm³/mol. The van der Waals surface area contributed by atoms with Crippen LogP contribution < -0.4 is 0 Å². The molecule has 0 fully saturated rings. The summed E-state index contributed by atoms with van der Waals surface area (Å²) in [5, 5.41) is 9.75. The minimum absolute atomic E-state index is 0.214. The van der Waals surface area contributed by atoms with Crippen molar-refractivity contribution < 1.29 is 10.0 Å². The van der Waals surface area contributed by atoms with Gasteiger partial charge in [0.2, 0.25) is 5.91 Å². The van der Waals surface area contributed by atoms with Crippen molar-refractivity contribution in [2.75, 3.05) is 6.54 Å². The normalized spacial score (nSPS) is 10.1. The van der Waals surface area contributed by atoms with E-state index in [2.05, 4.69) is 0 Å². The first kappa shape index (κ1) is 9.43. The number of hydrogen-bond donors (Lipinski definition) is 1. The van der Waals surface area contributed by atoms with Crippen LogP contribution in [0.3, 0.4) is 0 Å². The van der Waals surface area contributed by atoms with Gasteiger partial charge in [-0.3, -0.25) is 10.0 Å². The van der Waals surface area contributed by atoms with Crippen LogP contribution in [0.4, 0.5) is 0 Å². The molecule has 10 heavy (non-hydrogen) atoms. The summed E-state index contributed by atoms with van der Waals surface area (Å²) in [6, 6.07) is 0. The maximum absolute atomic E-state index is 10.7. The van der Waals surface area contributed by atoms with E-state index in [4.69, 9.17) is 5.21 Å². The van der Waals surface area contributed by atoms with Crippen molar-refractivity contribution in [3.05, 3.63) is 0 Å². The van der Waals surface area contributed by atoms with E-state index in [-0.39, 0.29) is 5.91 Å². The van der Waals surface area contributed by atoms with Gasteiger partial charge < -0.3 is 0 Å². The maximum Gasteiger partial charge on any atom is 0.245 e. The molecule has 0 bridgehead atoms. The van der Waals surface area contributed by atoms with Crippen molar-refractivity contribution >= 4 is 5.91 Å². The van der Waals surface area contributed by atoms with Gasteiger partial charge in [-0.1, -0.05) is 20.8 Å². The molecule has 0 aliphatic heterocycles. The van der Waals surface area contributed by atoms with Crippen LogP contribution in [0.2, 0.25) is 0 Å². The van der Waals surface area contributed by atoms with Gasteiger partial charge in [-0.25, -0.2) is 5.06 Å². The van der Waals surface area contributed by atoms with Crippen LogP contribution in [0.1, 0.15) is 27.2 Å². The number of carbonyl (C=O) groups excluding carboxylic acids is 1. The van der Waals surface area contributed by atoms with Gasteiger partial charge in [-0.05, 0) is 5.92 Å². The Morgan fingerprint density at radius 2 is 2.10 bits per heavy atom. The van der Waals surface area contributed by atoms with E-state index in [0.717, 1.165) is 5.06 Å². The van der Waals surface area contributed by atoms with E-state index < -0.39 is 0 Å². The SMILES string of the molecule is CCC(=O)N(O)CC(C)C. The lowest BCUT2D eigenvalue weighted by atomic mass is 10.2. The fourth-order valence-corrected chi connectivity index (χ4v) is 0.630. The van der Waals surface area contributed by atoms with Crippen molar-refractivity contribution in [1.82, 2.24) is 5.06 Å². The Morgan fingerprint density at radius 1 is 1.60 bits per heavy atom. The van der Waals surface area contributed by atoms with E-state index in [1.807, 2.05) is 13.8 Å². The Balaban J connectivity index is 3.61. The molecule has 3 nitrogen and oxygen atoms in total. The van der Waals surface area contributed by atoms with Crippen molar-refractivity contribution in [2.45, 2.75) is 27.2 Å². The second kappa shape index (κ2) is 4.28. The van der Waals surface area contributed by atoms with E-state index in [1.165, 1.54) is 0 Å². The zero-order chi connectivity index (χ0) is 8.15. The van der Waals surface area contributed by atoms with Gasteiger partial charge in [0.15, 0.2) is 0 Å². The summed E-state index contributed by atoms with van der Waals surface area (Å²) in [5.41, 5.74) is 0. The molecule has 0 radical (unpaired) electrons. The fraction of sp³-hybridized carbons (Fsp3) is 0.857.